The highest BCUT2D eigenvalue weighted by Gasteiger charge is 2.18. The van der Waals surface area contributed by atoms with Gasteiger partial charge in [-0.25, -0.2) is 0 Å². The lowest BCUT2D eigenvalue weighted by Gasteiger charge is -2.08. The van der Waals surface area contributed by atoms with Crippen molar-refractivity contribution in [2.45, 2.75) is 6.54 Å². The van der Waals surface area contributed by atoms with Gasteiger partial charge in [-0.3, -0.25) is 9.59 Å². The molecule has 0 aliphatic carbocycles. The van der Waals surface area contributed by atoms with Gasteiger partial charge in [0.25, 0.3) is 17.8 Å². The molecule has 0 bridgehead atoms. The van der Waals surface area contributed by atoms with E-state index in [0.717, 1.165) is 5.56 Å². The first-order valence-electron chi connectivity index (χ1n) is 8.51. The number of primary amides is 2. The summed E-state index contributed by atoms with van der Waals surface area (Å²) in [5.41, 5.74) is 12.7. The van der Waals surface area contributed by atoms with Crippen molar-refractivity contribution in [2.24, 2.45) is 11.5 Å². The number of nitrogens with one attached hydrogen (secondary N) is 1. The van der Waals surface area contributed by atoms with Crippen molar-refractivity contribution < 1.29 is 9.59 Å². The van der Waals surface area contributed by atoms with Gasteiger partial charge in [0.15, 0.2) is 0 Å². The molecule has 2 aromatic heterocycles. The van der Waals surface area contributed by atoms with Gasteiger partial charge in [0.2, 0.25) is 11.8 Å². The largest absolute Gasteiger partial charge is 0.366 e. The Hall–Kier alpha value is -4.41. The Labute approximate surface area is 163 Å². The molecule has 0 saturated carbocycles. The highest BCUT2D eigenvalue weighted by Crippen LogP contribution is 2.18. The molecule has 29 heavy (non-hydrogen) atoms. The number of carbonyl (C=O) groups is 2. The lowest BCUT2D eigenvalue weighted by Crippen LogP contribution is -2.20. The van der Waals surface area contributed by atoms with Crippen molar-refractivity contribution in [3.05, 3.63) is 65.5 Å². The maximum absolute atomic E-state index is 11.7. The van der Waals surface area contributed by atoms with Crippen LogP contribution in [0.25, 0.3) is 17.0 Å². The average molecular weight is 389 g/mol. The minimum atomic E-state index is -0.821. The minimum Gasteiger partial charge on any atom is -0.366 e. The van der Waals surface area contributed by atoms with E-state index in [1.807, 2.05) is 30.3 Å². The number of benzene rings is 2. The molecular formula is C18H15N9O2. The van der Waals surface area contributed by atoms with E-state index in [2.05, 4.69) is 30.6 Å². The Morgan fingerprint density at radius 1 is 0.931 bits per heavy atom. The molecule has 2 amide bonds. The molecule has 4 aromatic rings. The smallest absolute Gasteiger partial charge is 0.286 e. The van der Waals surface area contributed by atoms with Gasteiger partial charge in [-0.15, -0.1) is 5.10 Å². The Balaban J connectivity index is 1.76. The first-order valence-corrected chi connectivity index (χ1v) is 8.51. The Kier molecular flexibility index (Phi) is 4.53. The molecule has 144 valence electrons. The number of carbonyl (C=O) groups excluding carboxylic acids is 2. The average Bonchev–Trinajstić information content (AvgIpc) is 3.17. The van der Waals surface area contributed by atoms with Gasteiger partial charge in [-0.1, -0.05) is 41.6 Å². The van der Waals surface area contributed by atoms with E-state index in [0.29, 0.717) is 17.6 Å². The van der Waals surface area contributed by atoms with Crippen LogP contribution in [0.1, 0.15) is 26.5 Å². The molecule has 0 atom stereocenters. The number of hydrogen-bond donors (Lipinski definition) is 3. The SMILES string of the molecule is NC(=O)c1nc(NCc2ccccc2)nc(-n2nnc3c(C(N)=O)cccc32)n1. The summed E-state index contributed by atoms with van der Waals surface area (Å²) in [4.78, 5) is 35.7. The number of nitrogens with zero attached hydrogens (tertiary/aromatic N) is 6. The second-order valence-corrected chi connectivity index (χ2v) is 6.02. The van der Waals surface area contributed by atoms with E-state index >= 15 is 0 Å². The molecule has 0 aliphatic rings. The van der Waals surface area contributed by atoms with Gasteiger partial charge in [0.1, 0.15) is 5.52 Å². The fraction of sp³-hybridized carbons (Fsp3) is 0.0556. The first kappa shape index (κ1) is 18.0. The van der Waals surface area contributed by atoms with E-state index in [4.69, 9.17) is 11.5 Å². The second-order valence-electron chi connectivity index (χ2n) is 6.02. The van der Waals surface area contributed by atoms with Crippen LogP contribution in [0.3, 0.4) is 0 Å². The molecule has 0 radical (unpaired) electrons. The van der Waals surface area contributed by atoms with Crippen LogP contribution >= 0.6 is 0 Å². The molecule has 0 unspecified atom stereocenters. The fourth-order valence-electron chi connectivity index (χ4n) is 2.72. The molecule has 0 saturated heterocycles. The van der Waals surface area contributed by atoms with Gasteiger partial charge in [-0.05, 0) is 17.7 Å². The van der Waals surface area contributed by atoms with Gasteiger partial charge in [0, 0.05) is 6.54 Å². The van der Waals surface area contributed by atoms with Crippen molar-refractivity contribution in [3.8, 4) is 5.95 Å². The number of hydrogen-bond acceptors (Lipinski definition) is 8. The number of rotatable bonds is 6. The van der Waals surface area contributed by atoms with E-state index in [1.54, 1.807) is 18.2 Å². The van der Waals surface area contributed by atoms with Crippen LogP contribution in [-0.4, -0.2) is 41.8 Å². The molecule has 11 nitrogen and oxygen atoms in total. The number of anilines is 1. The fourth-order valence-corrected chi connectivity index (χ4v) is 2.72. The lowest BCUT2D eigenvalue weighted by molar-refractivity contribution is 0.0986. The molecule has 2 heterocycles. The predicted molar refractivity (Wildman–Crippen MR) is 103 cm³/mol. The molecule has 11 heteroatoms. The molecule has 4 rings (SSSR count). The van der Waals surface area contributed by atoms with Crippen molar-refractivity contribution in [1.29, 1.82) is 0 Å². The summed E-state index contributed by atoms with van der Waals surface area (Å²) >= 11 is 0. The van der Waals surface area contributed by atoms with Crippen molar-refractivity contribution in [2.75, 3.05) is 5.32 Å². The zero-order valence-electron chi connectivity index (χ0n) is 15.0. The third kappa shape index (κ3) is 3.56. The van der Waals surface area contributed by atoms with Crippen LogP contribution in [0, 0.1) is 0 Å². The molecule has 0 spiro atoms. The Bertz CT molecular complexity index is 1220. The molecular weight excluding hydrogens is 374 g/mol. The quantitative estimate of drug-likeness (QED) is 0.426. The molecule has 5 N–H and O–H groups in total. The number of nitrogens with two attached hydrogens (primary N) is 2. The monoisotopic (exact) mass is 389 g/mol. The summed E-state index contributed by atoms with van der Waals surface area (Å²) in [6, 6.07) is 14.4. The second kappa shape index (κ2) is 7.31. The summed E-state index contributed by atoms with van der Waals surface area (Å²) in [5, 5.41) is 11.0. The third-order valence-corrected chi connectivity index (χ3v) is 4.07. The van der Waals surface area contributed by atoms with Crippen LogP contribution in [0.15, 0.2) is 48.5 Å². The van der Waals surface area contributed by atoms with E-state index in [9.17, 15) is 9.59 Å². The Morgan fingerprint density at radius 3 is 2.45 bits per heavy atom. The zero-order chi connectivity index (χ0) is 20.4. The van der Waals surface area contributed by atoms with E-state index in [-0.39, 0.29) is 23.3 Å². The van der Waals surface area contributed by atoms with E-state index in [1.165, 1.54) is 4.68 Å². The molecule has 2 aromatic carbocycles. The van der Waals surface area contributed by atoms with Gasteiger partial charge in [0.05, 0.1) is 11.1 Å². The molecule has 0 fully saturated rings. The highest BCUT2D eigenvalue weighted by atomic mass is 16.1. The summed E-state index contributed by atoms with van der Waals surface area (Å²) in [6.07, 6.45) is 0. The maximum atomic E-state index is 11.7. The normalized spacial score (nSPS) is 10.8. The highest BCUT2D eigenvalue weighted by molar-refractivity contribution is 6.04. The van der Waals surface area contributed by atoms with Gasteiger partial charge < -0.3 is 16.8 Å². The number of aromatic nitrogens is 6. The van der Waals surface area contributed by atoms with E-state index < -0.39 is 11.8 Å². The summed E-state index contributed by atoms with van der Waals surface area (Å²) < 4.78 is 1.28. The summed E-state index contributed by atoms with van der Waals surface area (Å²) in [6.45, 7) is 0.423. The summed E-state index contributed by atoms with van der Waals surface area (Å²) in [5.74, 6) is -1.53. The molecule has 0 aliphatic heterocycles. The number of fused-ring (bicyclic) bond motifs is 1. The van der Waals surface area contributed by atoms with Crippen LogP contribution < -0.4 is 16.8 Å². The van der Waals surface area contributed by atoms with Crippen molar-refractivity contribution in [3.63, 3.8) is 0 Å². The summed E-state index contributed by atoms with van der Waals surface area (Å²) in [7, 11) is 0. The maximum Gasteiger partial charge on any atom is 0.286 e. The van der Waals surface area contributed by atoms with Crippen molar-refractivity contribution >= 4 is 28.8 Å². The van der Waals surface area contributed by atoms with Gasteiger partial charge >= 0.3 is 0 Å². The van der Waals surface area contributed by atoms with Crippen molar-refractivity contribution in [1.82, 2.24) is 29.9 Å². The van der Waals surface area contributed by atoms with Crippen LogP contribution in [-0.2, 0) is 6.54 Å². The zero-order valence-corrected chi connectivity index (χ0v) is 15.0. The number of amides is 2. The Morgan fingerprint density at radius 2 is 1.72 bits per heavy atom. The van der Waals surface area contributed by atoms with Gasteiger partial charge in [-0.2, -0.15) is 19.6 Å². The lowest BCUT2D eigenvalue weighted by atomic mass is 10.2. The van der Waals surface area contributed by atoms with Crippen LogP contribution in [0.5, 0.6) is 0 Å². The standard InChI is InChI=1S/C18H15N9O2/c19-14(28)11-7-4-8-12-13(11)25-26-27(12)18-23-16(15(20)29)22-17(24-18)21-9-10-5-2-1-3-6-10/h1-8H,9H2,(H2,19,28)(H2,20,29)(H,21,22,23,24). The third-order valence-electron chi connectivity index (χ3n) is 4.07. The first-order chi connectivity index (χ1) is 14.0. The minimum absolute atomic E-state index is 0.0217. The van der Waals surface area contributed by atoms with Crippen LogP contribution in [0.2, 0.25) is 0 Å². The van der Waals surface area contributed by atoms with Crippen LogP contribution in [0.4, 0.5) is 5.95 Å². The topological polar surface area (TPSA) is 168 Å². The predicted octanol–water partition coefficient (Wildman–Crippen LogP) is 0.415.